The fraction of sp³-hybridized carbons (Fsp3) is 0.533. The number of aryl methyl sites for hydroxylation is 1. The van der Waals surface area contributed by atoms with Crippen LogP contribution in [-0.4, -0.2) is 11.5 Å². The zero-order valence-electron chi connectivity index (χ0n) is 11.9. The molecule has 1 unspecified atom stereocenters. The standard InChI is InChI=1S/C15H19F3N2O/c1-2-10(7-8-19)3-6-14-20-12-9-11(15(16,17)18)4-5-13(12)21-14/h4-5,9-10H,2-3,6-8,19H2,1H3. The molecule has 0 aliphatic heterocycles. The van der Waals surface area contributed by atoms with Crippen LogP contribution in [0.5, 0.6) is 0 Å². The number of rotatable bonds is 6. The largest absolute Gasteiger partial charge is 0.441 e. The topological polar surface area (TPSA) is 52.0 Å². The van der Waals surface area contributed by atoms with Crippen molar-refractivity contribution in [2.24, 2.45) is 11.7 Å². The lowest BCUT2D eigenvalue weighted by atomic mass is 9.97. The summed E-state index contributed by atoms with van der Waals surface area (Å²) in [5.41, 5.74) is 5.49. The molecule has 6 heteroatoms. The summed E-state index contributed by atoms with van der Waals surface area (Å²) in [7, 11) is 0. The van der Waals surface area contributed by atoms with E-state index in [2.05, 4.69) is 11.9 Å². The van der Waals surface area contributed by atoms with Crippen molar-refractivity contribution in [2.45, 2.75) is 38.8 Å². The van der Waals surface area contributed by atoms with E-state index in [0.717, 1.165) is 31.4 Å². The molecule has 0 saturated heterocycles. The highest BCUT2D eigenvalue weighted by Gasteiger charge is 2.31. The maximum atomic E-state index is 12.6. The van der Waals surface area contributed by atoms with E-state index in [0.29, 0.717) is 30.4 Å². The number of oxazole rings is 1. The van der Waals surface area contributed by atoms with Crippen molar-refractivity contribution >= 4 is 11.1 Å². The van der Waals surface area contributed by atoms with Gasteiger partial charge in [0.2, 0.25) is 0 Å². The molecule has 116 valence electrons. The van der Waals surface area contributed by atoms with Gasteiger partial charge in [0, 0.05) is 6.42 Å². The predicted octanol–water partition coefficient (Wildman–Crippen LogP) is 4.15. The molecule has 3 nitrogen and oxygen atoms in total. The molecular formula is C15H19F3N2O. The first-order chi connectivity index (χ1) is 9.94. The van der Waals surface area contributed by atoms with Gasteiger partial charge in [-0.2, -0.15) is 13.2 Å². The number of alkyl halides is 3. The molecule has 0 saturated carbocycles. The molecule has 0 radical (unpaired) electrons. The molecule has 2 rings (SSSR count). The average molecular weight is 300 g/mol. The van der Waals surface area contributed by atoms with E-state index in [1.54, 1.807) is 0 Å². The number of halogens is 3. The second kappa shape index (κ2) is 6.47. The highest BCUT2D eigenvalue weighted by Crippen LogP contribution is 2.31. The normalized spacial score (nSPS) is 13.8. The van der Waals surface area contributed by atoms with E-state index < -0.39 is 11.7 Å². The molecule has 0 aliphatic carbocycles. The maximum Gasteiger partial charge on any atom is 0.416 e. The minimum absolute atomic E-state index is 0.256. The molecule has 0 spiro atoms. The van der Waals surface area contributed by atoms with E-state index in [4.69, 9.17) is 10.2 Å². The molecule has 1 heterocycles. The van der Waals surface area contributed by atoms with Gasteiger partial charge in [0.05, 0.1) is 5.56 Å². The van der Waals surface area contributed by atoms with Gasteiger partial charge in [-0.05, 0) is 43.5 Å². The number of nitrogens with two attached hydrogens (primary N) is 1. The summed E-state index contributed by atoms with van der Waals surface area (Å²) in [5, 5.41) is 0. The number of benzene rings is 1. The fourth-order valence-corrected chi connectivity index (χ4v) is 2.37. The third kappa shape index (κ3) is 3.97. The maximum absolute atomic E-state index is 12.6. The number of hydrogen-bond acceptors (Lipinski definition) is 3. The SMILES string of the molecule is CCC(CCN)CCc1nc2cc(C(F)(F)F)ccc2o1. The molecule has 0 fully saturated rings. The summed E-state index contributed by atoms with van der Waals surface area (Å²) in [6.45, 7) is 2.74. The highest BCUT2D eigenvalue weighted by atomic mass is 19.4. The van der Waals surface area contributed by atoms with Gasteiger partial charge < -0.3 is 10.2 Å². The summed E-state index contributed by atoms with van der Waals surface area (Å²) in [4.78, 5) is 4.16. The van der Waals surface area contributed by atoms with E-state index in [1.165, 1.54) is 6.07 Å². The lowest BCUT2D eigenvalue weighted by Gasteiger charge is -2.11. The van der Waals surface area contributed by atoms with Gasteiger partial charge in [-0.25, -0.2) is 4.98 Å². The summed E-state index contributed by atoms with van der Waals surface area (Å²) >= 11 is 0. The van der Waals surface area contributed by atoms with Crippen LogP contribution in [0.15, 0.2) is 22.6 Å². The third-order valence-corrected chi connectivity index (χ3v) is 3.68. The van der Waals surface area contributed by atoms with E-state index >= 15 is 0 Å². The van der Waals surface area contributed by atoms with Crippen molar-refractivity contribution in [2.75, 3.05) is 6.54 Å². The molecule has 0 bridgehead atoms. The fourth-order valence-electron chi connectivity index (χ4n) is 2.37. The molecule has 0 aliphatic rings. The quantitative estimate of drug-likeness (QED) is 0.871. The Balaban J connectivity index is 2.12. The van der Waals surface area contributed by atoms with Crippen molar-refractivity contribution < 1.29 is 17.6 Å². The number of nitrogens with zero attached hydrogens (tertiary/aromatic N) is 1. The molecular weight excluding hydrogens is 281 g/mol. The van der Waals surface area contributed by atoms with Crippen LogP contribution in [0, 0.1) is 5.92 Å². The lowest BCUT2D eigenvalue weighted by Crippen LogP contribution is -2.09. The van der Waals surface area contributed by atoms with Crippen LogP contribution < -0.4 is 5.73 Å². The second-order valence-electron chi connectivity index (χ2n) is 5.18. The Bertz CT molecular complexity index is 592. The van der Waals surface area contributed by atoms with Crippen LogP contribution in [0.3, 0.4) is 0 Å². The minimum atomic E-state index is -4.36. The van der Waals surface area contributed by atoms with Gasteiger partial charge in [-0.1, -0.05) is 13.3 Å². The summed E-state index contributed by atoms with van der Waals surface area (Å²) in [6, 6.07) is 3.37. The Morgan fingerprint density at radius 2 is 2.05 bits per heavy atom. The molecule has 1 aromatic carbocycles. The highest BCUT2D eigenvalue weighted by molar-refractivity contribution is 5.73. The summed E-state index contributed by atoms with van der Waals surface area (Å²) in [5.74, 6) is 0.982. The molecule has 1 atom stereocenters. The van der Waals surface area contributed by atoms with Crippen molar-refractivity contribution in [1.82, 2.24) is 4.98 Å². The minimum Gasteiger partial charge on any atom is -0.441 e. The van der Waals surface area contributed by atoms with E-state index in [-0.39, 0.29) is 5.52 Å². The van der Waals surface area contributed by atoms with Crippen molar-refractivity contribution in [3.05, 3.63) is 29.7 Å². The summed E-state index contributed by atoms with van der Waals surface area (Å²) in [6.07, 6.45) is -0.895. The predicted molar refractivity (Wildman–Crippen MR) is 74.8 cm³/mol. The Hall–Kier alpha value is -1.56. The lowest BCUT2D eigenvalue weighted by molar-refractivity contribution is -0.137. The third-order valence-electron chi connectivity index (χ3n) is 3.68. The monoisotopic (exact) mass is 300 g/mol. The van der Waals surface area contributed by atoms with Crippen LogP contribution in [0.25, 0.3) is 11.1 Å². The van der Waals surface area contributed by atoms with E-state index in [9.17, 15) is 13.2 Å². The van der Waals surface area contributed by atoms with E-state index in [1.807, 2.05) is 0 Å². The smallest absolute Gasteiger partial charge is 0.416 e. The Morgan fingerprint density at radius 3 is 2.67 bits per heavy atom. The number of hydrogen-bond donors (Lipinski definition) is 1. The van der Waals surface area contributed by atoms with Gasteiger partial charge in [0.25, 0.3) is 0 Å². The Labute approximate surface area is 121 Å². The molecule has 2 aromatic rings. The molecule has 2 N–H and O–H groups in total. The number of fused-ring (bicyclic) bond motifs is 1. The first kappa shape index (κ1) is 15.8. The average Bonchev–Trinajstić information content (AvgIpc) is 2.84. The Kier molecular flexibility index (Phi) is 4.88. The van der Waals surface area contributed by atoms with Gasteiger partial charge in [0.15, 0.2) is 11.5 Å². The second-order valence-corrected chi connectivity index (χ2v) is 5.18. The van der Waals surface area contributed by atoms with Gasteiger partial charge >= 0.3 is 6.18 Å². The number of aromatic nitrogens is 1. The summed E-state index contributed by atoms with van der Waals surface area (Å²) < 4.78 is 43.4. The van der Waals surface area contributed by atoms with Crippen LogP contribution in [0.2, 0.25) is 0 Å². The van der Waals surface area contributed by atoms with Crippen LogP contribution in [0.4, 0.5) is 13.2 Å². The first-order valence-electron chi connectivity index (χ1n) is 7.10. The van der Waals surface area contributed by atoms with Crippen LogP contribution >= 0.6 is 0 Å². The zero-order valence-corrected chi connectivity index (χ0v) is 11.9. The van der Waals surface area contributed by atoms with Gasteiger partial charge in [-0.15, -0.1) is 0 Å². The van der Waals surface area contributed by atoms with Crippen molar-refractivity contribution in [3.8, 4) is 0 Å². The van der Waals surface area contributed by atoms with Crippen LogP contribution in [0.1, 0.15) is 37.6 Å². The molecule has 0 amide bonds. The van der Waals surface area contributed by atoms with Gasteiger partial charge in [0.1, 0.15) is 5.52 Å². The van der Waals surface area contributed by atoms with Crippen LogP contribution in [-0.2, 0) is 12.6 Å². The molecule has 21 heavy (non-hydrogen) atoms. The molecule has 1 aromatic heterocycles. The van der Waals surface area contributed by atoms with Gasteiger partial charge in [-0.3, -0.25) is 0 Å². The first-order valence-corrected chi connectivity index (χ1v) is 7.10. The van der Waals surface area contributed by atoms with Crippen molar-refractivity contribution in [3.63, 3.8) is 0 Å². The Morgan fingerprint density at radius 1 is 1.29 bits per heavy atom. The zero-order chi connectivity index (χ0) is 15.5. The van der Waals surface area contributed by atoms with Crippen molar-refractivity contribution in [1.29, 1.82) is 0 Å².